The summed E-state index contributed by atoms with van der Waals surface area (Å²) in [5.74, 6) is 0. The zero-order valence-electron chi connectivity index (χ0n) is 10.3. The Morgan fingerprint density at radius 2 is 1.81 bits per heavy atom. The third-order valence-electron chi connectivity index (χ3n) is 3.43. The molecular formula is C14H20O2. The van der Waals surface area contributed by atoms with E-state index in [0.717, 1.165) is 24.8 Å². The smallest absolute Gasteiger partial charge is 0.0840 e. The van der Waals surface area contributed by atoms with Gasteiger partial charge in [-0.25, -0.2) is 0 Å². The van der Waals surface area contributed by atoms with Gasteiger partial charge in [-0.1, -0.05) is 24.3 Å². The standard InChI is InChI=1S/C14H20O2/c1-13(2,15)12-6-4-11(5-7-12)10-14(16-3)8-9-14/h4-7,15H,8-10H2,1-3H3. The van der Waals surface area contributed by atoms with E-state index in [1.54, 1.807) is 21.0 Å². The zero-order chi connectivity index (χ0) is 11.8. The zero-order valence-corrected chi connectivity index (χ0v) is 10.3. The summed E-state index contributed by atoms with van der Waals surface area (Å²) >= 11 is 0. The minimum absolute atomic E-state index is 0.107. The van der Waals surface area contributed by atoms with Crippen molar-refractivity contribution < 1.29 is 9.84 Å². The number of hydrogen-bond acceptors (Lipinski definition) is 2. The normalized spacial score (nSPS) is 18.5. The topological polar surface area (TPSA) is 29.5 Å². The molecule has 0 bridgehead atoms. The van der Waals surface area contributed by atoms with Gasteiger partial charge in [0.2, 0.25) is 0 Å². The molecule has 0 aromatic heterocycles. The van der Waals surface area contributed by atoms with Crippen molar-refractivity contribution in [3.05, 3.63) is 35.4 Å². The van der Waals surface area contributed by atoms with Crippen molar-refractivity contribution in [2.24, 2.45) is 0 Å². The second kappa shape index (κ2) is 3.86. The van der Waals surface area contributed by atoms with E-state index in [4.69, 9.17) is 4.74 Å². The Balaban J connectivity index is 2.08. The molecule has 0 aliphatic heterocycles. The first-order chi connectivity index (χ1) is 7.45. The van der Waals surface area contributed by atoms with Crippen LogP contribution in [0.25, 0.3) is 0 Å². The first kappa shape index (κ1) is 11.6. The average molecular weight is 220 g/mol. The molecule has 0 unspecified atom stereocenters. The molecule has 1 aliphatic rings. The summed E-state index contributed by atoms with van der Waals surface area (Å²) in [5.41, 5.74) is 1.60. The molecule has 88 valence electrons. The van der Waals surface area contributed by atoms with Gasteiger partial charge in [-0.05, 0) is 37.8 Å². The second-order valence-electron chi connectivity index (χ2n) is 5.32. The molecule has 1 saturated carbocycles. The lowest BCUT2D eigenvalue weighted by atomic mass is 9.96. The highest BCUT2D eigenvalue weighted by atomic mass is 16.5. The molecule has 2 heteroatoms. The van der Waals surface area contributed by atoms with Crippen LogP contribution in [0.15, 0.2) is 24.3 Å². The number of hydrogen-bond donors (Lipinski definition) is 1. The SMILES string of the molecule is COC1(Cc2ccc(C(C)(C)O)cc2)CC1. The molecule has 1 fully saturated rings. The lowest BCUT2D eigenvalue weighted by molar-refractivity contribution is 0.0780. The number of aliphatic hydroxyl groups is 1. The molecular weight excluding hydrogens is 200 g/mol. The summed E-state index contributed by atoms with van der Waals surface area (Å²) < 4.78 is 5.50. The highest BCUT2D eigenvalue weighted by Gasteiger charge is 2.42. The van der Waals surface area contributed by atoms with Gasteiger partial charge in [0.25, 0.3) is 0 Å². The Kier molecular flexibility index (Phi) is 2.81. The quantitative estimate of drug-likeness (QED) is 0.845. The van der Waals surface area contributed by atoms with Gasteiger partial charge in [-0.2, -0.15) is 0 Å². The number of methoxy groups -OCH3 is 1. The van der Waals surface area contributed by atoms with Crippen LogP contribution >= 0.6 is 0 Å². The summed E-state index contributed by atoms with van der Waals surface area (Å²) in [6.07, 6.45) is 3.31. The van der Waals surface area contributed by atoms with Crippen molar-refractivity contribution in [1.29, 1.82) is 0 Å². The molecule has 0 spiro atoms. The van der Waals surface area contributed by atoms with Crippen molar-refractivity contribution in [1.82, 2.24) is 0 Å². The van der Waals surface area contributed by atoms with Crippen LogP contribution in [-0.4, -0.2) is 17.8 Å². The maximum Gasteiger partial charge on any atom is 0.0840 e. The van der Waals surface area contributed by atoms with Crippen LogP contribution in [0.5, 0.6) is 0 Å². The van der Waals surface area contributed by atoms with Crippen molar-refractivity contribution in [3.8, 4) is 0 Å². The minimum atomic E-state index is -0.753. The Bertz CT molecular complexity index is 355. The van der Waals surface area contributed by atoms with E-state index >= 15 is 0 Å². The van der Waals surface area contributed by atoms with E-state index in [1.165, 1.54) is 5.56 Å². The summed E-state index contributed by atoms with van der Waals surface area (Å²) in [7, 11) is 1.79. The van der Waals surface area contributed by atoms with Crippen molar-refractivity contribution in [2.75, 3.05) is 7.11 Å². The van der Waals surface area contributed by atoms with Gasteiger partial charge in [-0.15, -0.1) is 0 Å². The summed E-state index contributed by atoms with van der Waals surface area (Å²) in [4.78, 5) is 0. The van der Waals surface area contributed by atoms with Crippen molar-refractivity contribution >= 4 is 0 Å². The Morgan fingerprint density at radius 1 is 1.25 bits per heavy atom. The lowest BCUT2D eigenvalue weighted by Gasteiger charge is -2.19. The van der Waals surface area contributed by atoms with Crippen LogP contribution in [0, 0.1) is 0 Å². The molecule has 0 saturated heterocycles. The van der Waals surface area contributed by atoms with Crippen LogP contribution in [0.2, 0.25) is 0 Å². The third kappa shape index (κ3) is 2.45. The second-order valence-corrected chi connectivity index (χ2v) is 5.32. The molecule has 0 atom stereocenters. The van der Waals surface area contributed by atoms with Crippen molar-refractivity contribution in [2.45, 2.75) is 44.3 Å². The number of ether oxygens (including phenoxy) is 1. The maximum atomic E-state index is 9.85. The molecule has 0 heterocycles. The van der Waals surface area contributed by atoms with E-state index in [2.05, 4.69) is 12.1 Å². The fourth-order valence-electron chi connectivity index (χ4n) is 1.99. The summed E-state index contributed by atoms with van der Waals surface area (Å²) in [6, 6.07) is 8.18. The van der Waals surface area contributed by atoms with Crippen molar-refractivity contribution in [3.63, 3.8) is 0 Å². The molecule has 1 aromatic rings. The molecule has 1 N–H and O–H groups in total. The molecule has 1 aliphatic carbocycles. The molecule has 2 rings (SSSR count). The lowest BCUT2D eigenvalue weighted by Crippen LogP contribution is -2.17. The first-order valence-electron chi connectivity index (χ1n) is 5.82. The Labute approximate surface area is 97.3 Å². The number of rotatable bonds is 4. The van der Waals surface area contributed by atoms with Gasteiger partial charge < -0.3 is 9.84 Å². The predicted molar refractivity (Wildman–Crippen MR) is 64.4 cm³/mol. The van der Waals surface area contributed by atoms with Gasteiger partial charge in [0.15, 0.2) is 0 Å². The largest absolute Gasteiger partial charge is 0.386 e. The highest BCUT2D eigenvalue weighted by molar-refractivity contribution is 5.28. The monoisotopic (exact) mass is 220 g/mol. The van der Waals surface area contributed by atoms with Gasteiger partial charge in [0.1, 0.15) is 0 Å². The van der Waals surface area contributed by atoms with Crippen LogP contribution < -0.4 is 0 Å². The molecule has 1 aromatic carbocycles. The van der Waals surface area contributed by atoms with Crippen LogP contribution in [-0.2, 0) is 16.8 Å². The minimum Gasteiger partial charge on any atom is -0.386 e. The van der Waals surface area contributed by atoms with Gasteiger partial charge in [-0.3, -0.25) is 0 Å². The van der Waals surface area contributed by atoms with Crippen LogP contribution in [0.1, 0.15) is 37.8 Å². The van der Waals surface area contributed by atoms with E-state index in [9.17, 15) is 5.11 Å². The van der Waals surface area contributed by atoms with E-state index in [1.807, 2.05) is 12.1 Å². The fraction of sp³-hybridized carbons (Fsp3) is 0.571. The molecule has 16 heavy (non-hydrogen) atoms. The third-order valence-corrected chi connectivity index (χ3v) is 3.43. The predicted octanol–water partition coefficient (Wildman–Crippen LogP) is 2.64. The molecule has 0 radical (unpaired) electrons. The van der Waals surface area contributed by atoms with Gasteiger partial charge in [0.05, 0.1) is 11.2 Å². The van der Waals surface area contributed by atoms with Crippen LogP contribution in [0.4, 0.5) is 0 Å². The van der Waals surface area contributed by atoms with E-state index < -0.39 is 5.60 Å². The molecule has 2 nitrogen and oxygen atoms in total. The van der Waals surface area contributed by atoms with E-state index in [-0.39, 0.29) is 5.60 Å². The Hall–Kier alpha value is -0.860. The molecule has 0 amide bonds. The Morgan fingerprint density at radius 3 is 2.19 bits per heavy atom. The summed E-state index contributed by atoms with van der Waals surface area (Å²) in [6.45, 7) is 3.61. The van der Waals surface area contributed by atoms with Crippen LogP contribution in [0.3, 0.4) is 0 Å². The average Bonchev–Trinajstić information content (AvgIpc) is 2.98. The summed E-state index contributed by atoms with van der Waals surface area (Å²) in [5, 5.41) is 9.85. The maximum absolute atomic E-state index is 9.85. The van der Waals surface area contributed by atoms with Gasteiger partial charge >= 0.3 is 0 Å². The van der Waals surface area contributed by atoms with Gasteiger partial charge in [0, 0.05) is 13.5 Å². The fourth-order valence-corrected chi connectivity index (χ4v) is 1.99. The number of benzene rings is 1. The van der Waals surface area contributed by atoms with E-state index in [0.29, 0.717) is 0 Å². The first-order valence-corrected chi connectivity index (χ1v) is 5.82. The highest BCUT2D eigenvalue weighted by Crippen LogP contribution is 2.41.